The summed E-state index contributed by atoms with van der Waals surface area (Å²) in [7, 11) is 1.33. The van der Waals surface area contributed by atoms with E-state index in [1.54, 1.807) is 30.0 Å². The van der Waals surface area contributed by atoms with E-state index in [2.05, 4.69) is 12.2 Å². The molecular weight excluding hydrogens is 294 g/mol. The van der Waals surface area contributed by atoms with Gasteiger partial charge in [0.2, 0.25) is 0 Å². The molecule has 0 saturated carbocycles. The minimum absolute atomic E-state index is 0.112. The number of esters is 1. The molecule has 1 aliphatic heterocycles. The van der Waals surface area contributed by atoms with Gasteiger partial charge < -0.3 is 14.4 Å². The van der Waals surface area contributed by atoms with Crippen molar-refractivity contribution >= 4 is 17.6 Å². The topological polar surface area (TPSA) is 55.8 Å². The lowest BCUT2D eigenvalue weighted by Gasteiger charge is -2.33. The third-order valence-corrected chi connectivity index (χ3v) is 4.00. The third kappa shape index (κ3) is 2.99. The molecule has 1 aromatic rings. The number of hydrogen-bond donors (Lipinski definition) is 0. The zero-order valence-electron chi connectivity index (χ0n) is 13.2. The summed E-state index contributed by atoms with van der Waals surface area (Å²) >= 11 is 0. The summed E-state index contributed by atoms with van der Waals surface area (Å²) in [5, 5.41) is 0. The van der Waals surface area contributed by atoms with Gasteiger partial charge in [0.1, 0.15) is 5.75 Å². The van der Waals surface area contributed by atoms with Gasteiger partial charge in [-0.25, -0.2) is 4.79 Å². The van der Waals surface area contributed by atoms with Crippen LogP contribution in [0.2, 0.25) is 0 Å². The molecule has 3 rings (SSSR count). The Labute approximate surface area is 135 Å². The minimum Gasteiger partial charge on any atom is -0.479 e. The highest BCUT2D eigenvalue weighted by Crippen LogP contribution is 2.35. The molecule has 0 N–H and O–H groups in total. The molecule has 0 aromatic heterocycles. The van der Waals surface area contributed by atoms with Crippen molar-refractivity contribution in [3.8, 4) is 5.75 Å². The number of ether oxygens (including phenoxy) is 2. The highest BCUT2D eigenvalue weighted by molar-refractivity contribution is 6.02. The number of carbonyl (C=O) groups excluding carboxylic acids is 2. The lowest BCUT2D eigenvalue weighted by molar-refractivity contribution is -0.125. The molecule has 2 aliphatic rings. The number of hydrogen-bond acceptors (Lipinski definition) is 4. The number of carbonyl (C=O) groups is 2. The number of amides is 1. The maximum Gasteiger partial charge on any atom is 0.337 e. The molecule has 0 saturated heterocycles. The van der Waals surface area contributed by atoms with Gasteiger partial charge in [-0.1, -0.05) is 18.2 Å². The van der Waals surface area contributed by atoms with Crippen LogP contribution in [0.25, 0.3) is 0 Å². The summed E-state index contributed by atoms with van der Waals surface area (Å²) in [4.78, 5) is 26.0. The van der Waals surface area contributed by atoms with Crippen molar-refractivity contribution in [2.24, 2.45) is 0 Å². The van der Waals surface area contributed by atoms with Gasteiger partial charge >= 0.3 is 5.97 Å². The molecule has 0 radical (unpaired) electrons. The molecule has 1 aliphatic carbocycles. The van der Waals surface area contributed by atoms with Crippen LogP contribution >= 0.6 is 0 Å². The zero-order valence-corrected chi connectivity index (χ0v) is 13.2. The van der Waals surface area contributed by atoms with E-state index in [-0.39, 0.29) is 5.91 Å². The van der Waals surface area contributed by atoms with Crippen LogP contribution in [0.5, 0.6) is 5.75 Å². The first kappa shape index (κ1) is 15.3. The van der Waals surface area contributed by atoms with Crippen molar-refractivity contribution in [1.29, 1.82) is 0 Å². The first-order chi connectivity index (χ1) is 11.1. The standard InChI is InChI=1S/C18H19NO4/c1-12-17(20)19(11-13-6-4-3-5-7-13)15-10-14(18(21)22-2)8-9-16(15)23-12/h4,6-10,12H,3,5,11H2,1-2H3. The minimum atomic E-state index is -0.542. The summed E-state index contributed by atoms with van der Waals surface area (Å²) in [6.07, 6.45) is 7.75. The lowest BCUT2D eigenvalue weighted by Crippen LogP contribution is -2.45. The molecule has 5 heteroatoms. The van der Waals surface area contributed by atoms with Gasteiger partial charge in [-0.15, -0.1) is 0 Å². The summed E-state index contributed by atoms with van der Waals surface area (Å²) in [6, 6.07) is 5.01. The number of nitrogens with zero attached hydrogens (tertiary/aromatic N) is 1. The fraction of sp³-hybridized carbons (Fsp3) is 0.333. The van der Waals surface area contributed by atoms with Crippen molar-refractivity contribution in [2.75, 3.05) is 18.6 Å². The van der Waals surface area contributed by atoms with E-state index in [9.17, 15) is 9.59 Å². The first-order valence-corrected chi connectivity index (χ1v) is 7.66. The molecular formula is C18H19NO4. The number of benzene rings is 1. The zero-order chi connectivity index (χ0) is 16.4. The van der Waals surface area contributed by atoms with E-state index in [4.69, 9.17) is 9.47 Å². The van der Waals surface area contributed by atoms with Gasteiger partial charge in [-0.2, -0.15) is 0 Å². The number of fused-ring (bicyclic) bond motifs is 1. The van der Waals surface area contributed by atoms with Gasteiger partial charge in [-0.05, 0) is 43.5 Å². The highest BCUT2D eigenvalue weighted by Gasteiger charge is 2.32. The van der Waals surface area contributed by atoms with Crippen LogP contribution in [0, 0.1) is 0 Å². The Balaban J connectivity index is 1.98. The average Bonchev–Trinajstić information content (AvgIpc) is 2.59. The van der Waals surface area contributed by atoms with E-state index in [0.29, 0.717) is 23.5 Å². The van der Waals surface area contributed by atoms with Crippen LogP contribution in [0.4, 0.5) is 5.69 Å². The summed E-state index contributed by atoms with van der Waals surface area (Å²) in [6.45, 7) is 2.21. The summed E-state index contributed by atoms with van der Waals surface area (Å²) in [5.74, 6) is 0.0557. The third-order valence-electron chi connectivity index (χ3n) is 4.00. The van der Waals surface area contributed by atoms with Crippen LogP contribution < -0.4 is 9.64 Å². The molecule has 5 nitrogen and oxygen atoms in total. The molecule has 1 unspecified atom stereocenters. The van der Waals surface area contributed by atoms with Crippen molar-refractivity contribution in [1.82, 2.24) is 0 Å². The second-order valence-corrected chi connectivity index (χ2v) is 5.62. The van der Waals surface area contributed by atoms with Gasteiger partial charge in [0.05, 0.1) is 24.9 Å². The summed E-state index contributed by atoms with van der Waals surface area (Å²) < 4.78 is 10.4. The molecule has 120 valence electrons. The number of rotatable bonds is 3. The van der Waals surface area contributed by atoms with Gasteiger partial charge in [0.25, 0.3) is 5.91 Å². The van der Waals surface area contributed by atoms with Gasteiger partial charge in [0.15, 0.2) is 6.10 Å². The van der Waals surface area contributed by atoms with Crippen LogP contribution in [0.1, 0.15) is 30.1 Å². The molecule has 1 atom stereocenters. The number of allylic oxidation sites excluding steroid dienone is 2. The van der Waals surface area contributed by atoms with Crippen molar-refractivity contribution < 1.29 is 19.1 Å². The van der Waals surface area contributed by atoms with Crippen molar-refractivity contribution in [2.45, 2.75) is 25.9 Å². The lowest BCUT2D eigenvalue weighted by atomic mass is 10.0. The van der Waals surface area contributed by atoms with Crippen LogP contribution in [-0.2, 0) is 9.53 Å². The van der Waals surface area contributed by atoms with E-state index in [0.717, 1.165) is 18.4 Å². The quantitative estimate of drug-likeness (QED) is 0.805. The molecule has 23 heavy (non-hydrogen) atoms. The SMILES string of the molecule is COC(=O)c1ccc2c(c1)N(CC1=CCCC=C1)C(=O)C(C)O2. The fourth-order valence-corrected chi connectivity index (χ4v) is 2.78. The van der Waals surface area contributed by atoms with Crippen LogP contribution in [-0.4, -0.2) is 31.6 Å². The largest absolute Gasteiger partial charge is 0.479 e. The monoisotopic (exact) mass is 313 g/mol. The van der Waals surface area contributed by atoms with E-state index in [1.165, 1.54) is 7.11 Å². The molecule has 1 heterocycles. The normalized spacial score (nSPS) is 19.7. The Bertz CT molecular complexity index is 705. The Morgan fingerprint density at radius 1 is 1.39 bits per heavy atom. The Kier molecular flexibility index (Phi) is 4.19. The predicted octanol–water partition coefficient (Wildman–Crippen LogP) is 2.86. The molecule has 0 spiro atoms. The Morgan fingerprint density at radius 3 is 2.91 bits per heavy atom. The second-order valence-electron chi connectivity index (χ2n) is 5.62. The molecule has 0 bridgehead atoms. The van der Waals surface area contributed by atoms with Crippen molar-refractivity contribution in [3.63, 3.8) is 0 Å². The first-order valence-electron chi connectivity index (χ1n) is 7.66. The fourth-order valence-electron chi connectivity index (χ4n) is 2.78. The van der Waals surface area contributed by atoms with Crippen LogP contribution in [0.3, 0.4) is 0 Å². The predicted molar refractivity (Wildman–Crippen MR) is 86.7 cm³/mol. The van der Waals surface area contributed by atoms with E-state index < -0.39 is 12.1 Å². The molecule has 1 amide bonds. The molecule has 0 fully saturated rings. The Morgan fingerprint density at radius 2 is 2.22 bits per heavy atom. The van der Waals surface area contributed by atoms with Gasteiger partial charge in [0, 0.05) is 0 Å². The van der Waals surface area contributed by atoms with E-state index in [1.807, 2.05) is 6.08 Å². The number of methoxy groups -OCH3 is 1. The molecule has 1 aromatic carbocycles. The summed E-state index contributed by atoms with van der Waals surface area (Å²) in [5.41, 5.74) is 2.10. The van der Waals surface area contributed by atoms with Crippen LogP contribution in [0.15, 0.2) is 42.0 Å². The number of anilines is 1. The van der Waals surface area contributed by atoms with Crippen molar-refractivity contribution in [3.05, 3.63) is 47.6 Å². The van der Waals surface area contributed by atoms with E-state index >= 15 is 0 Å². The Hall–Kier alpha value is -2.56. The second kappa shape index (κ2) is 6.28. The highest BCUT2D eigenvalue weighted by atomic mass is 16.5. The average molecular weight is 313 g/mol. The maximum atomic E-state index is 12.5. The smallest absolute Gasteiger partial charge is 0.337 e. The maximum absolute atomic E-state index is 12.5. The van der Waals surface area contributed by atoms with Gasteiger partial charge in [-0.3, -0.25) is 4.79 Å².